The Hall–Kier alpha value is -2.48. The van der Waals surface area contributed by atoms with E-state index in [1.165, 1.54) is 5.69 Å². The second-order valence-corrected chi connectivity index (χ2v) is 8.25. The van der Waals surface area contributed by atoms with Crippen LogP contribution in [0.3, 0.4) is 0 Å². The normalized spacial score (nSPS) is 13.9. The van der Waals surface area contributed by atoms with Gasteiger partial charge in [-0.1, -0.05) is 17.7 Å². The van der Waals surface area contributed by atoms with Gasteiger partial charge < -0.3 is 20.3 Å². The van der Waals surface area contributed by atoms with Gasteiger partial charge in [-0.2, -0.15) is 4.98 Å². The van der Waals surface area contributed by atoms with E-state index in [0.29, 0.717) is 11.0 Å². The predicted octanol–water partition coefficient (Wildman–Crippen LogP) is 5.48. The number of benzene rings is 2. The molecule has 1 aliphatic rings. The van der Waals surface area contributed by atoms with Crippen LogP contribution >= 0.6 is 23.4 Å². The van der Waals surface area contributed by atoms with E-state index >= 15 is 0 Å². The Morgan fingerprint density at radius 2 is 1.83 bits per heavy atom. The molecule has 1 fully saturated rings. The molecule has 0 spiro atoms. The molecule has 156 valence electrons. The second kappa shape index (κ2) is 9.55. The lowest BCUT2D eigenvalue weighted by Gasteiger charge is -2.28. The van der Waals surface area contributed by atoms with Crippen molar-refractivity contribution in [3.8, 4) is 0 Å². The number of halogens is 1. The van der Waals surface area contributed by atoms with Crippen LogP contribution in [0.4, 0.5) is 28.8 Å². The maximum atomic E-state index is 6.35. The SMILES string of the molecule is CSc1cnc(Nc2ccc(N3CCOCC3)cc2)nc1Nc1cc(C)ccc1Cl. The summed E-state index contributed by atoms with van der Waals surface area (Å²) in [5.41, 5.74) is 4.08. The van der Waals surface area contributed by atoms with Crippen LogP contribution in [0.2, 0.25) is 5.02 Å². The minimum absolute atomic E-state index is 0.526. The molecule has 3 aromatic rings. The maximum absolute atomic E-state index is 6.35. The van der Waals surface area contributed by atoms with Crippen molar-refractivity contribution in [1.29, 1.82) is 0 Å². The fraction of sp³-hybridized carbons (Fsp3) is 0.273. The number of nitrogens with zero attached hydrogens (tertiary/aromatic N) is 3. The number of nitrogens with one attached hydrogen (secondary N) is 2. The van der Waals surface area contributed by atoms with Gasteiger partial charge in [0, 0.05) is 30.7 Å². The highest BCUT2D eigenvalue weighted by Gasteiger charge is 2.12. The maximum Gasteiger partial charge on any atom is 0.229 e. The average molecular weight is 442 g/mol. The zero-order valence-corrected chi connectivity index (χ0v) is 18.6. The standard InChI is InChI=1S/C22H24ClN5OS/c1-15-3-8-18(23)19(13-15)26-21-20(30-2)14-24-22(27-21)25-16-4-6-17(7-5-16)28-9-11-29-12-10-28/h3-8,13-14H,9-12H2,1-2H3,(H2,24,25,26,27). The summed E-state index contributed by atoms with van der Waals surface area (Å²) in [6, 6.07) is 14.2. The molecular formula is C22H24ClN5OS. The van der Waals surface area contributed by atoms with Gasteiger partial charge in [0.2, 0.25) is 5.95 Å². The van der Waals surface area contributed by atoms with Crippen LogP contribution in [0.25, 0.3) is 0 Å². The number of ether oxygens (including phenoxy) is 1. The van der Waals surface area contributed by atoms with Gasteiger partial charge in [-0.3, -0.25) is 0 Å². The van der Waals surface area contributed by atoms with Crippen molar-refractivity contribution in [3.05, 3.63) is 59.2 Å². The Bertz CT molecular complexity index is 1010. The summed E-state index contributed by atoms with van der Waals surface area (Å²) in [6.45, 7) is 5.42. The van der Waals surface area contributed by atoms with Crippen molar-refractivity contribution in [1.82, 2.24) is 9.97 Å². The summed E-state index contributed by atoms with van der Waals surface area (Å²) in [4.78, 5) is 12.4. The molecule has 8 heteroatoms. The van der Waals surface area contributed by atoms with Crippen LogP contribution in [-0.2, 0) is 4.74 Å². The average Bonchev–Trinajstić information content (AvgIpc) is 2.78. The third-order valence-electron chi connectivity index (χ3n) is 4.85. The van der Waals surface area contributed by atoms with Crippen molar-refractivity contribution in [2.75, 3.05) is 48.1 Å². The lowest BCUT2D eigenvalue weighted by Crippen LogP contribution is -2.36. The second-order valence-electron chi connectivity index (χ2n) is 6.99. The van der Waals surface area contributed by atoms with Crippen LogP contribution in [0.5, 0.6) is 0 Å². The number of anilines is 5. The number of aromatic nitrogens is 2. The quantitative estimate of drug-likeness (QED) is 0.491. The summed E-state index contributed by atoms with van der Waals surface area (Å²) in [5, 5.41) is 7.29. The number of rotatable bonds is 6. The molecule has 2 heterocycles. The minimum atomic E-state index is 0.526. The summed E-state index contributed by atoms with van der Waals surface area (Å²) < 4.78 is 5.42. The molecule has 0 bridgehead atoms. The molecule has 2 aromatic carbocycles. The van der Waals surface area contributed by atoms with E-state index in [-0.39, 0.29) is 0 Å². The summed E-state index contributed by atoms with van der Waals surface area (Å²) in [5.74, 6) is 1.25. The van der Waals surface area contributed by atoms with Crippen molar-refractivity contribution in [2.24, 2.45) is 0 Å². The van der Waals surface area contributed by atoms with Gasteiger partial charge in [0.1, 0.15) is 5.82 Å². The Balaban J connectivity index is 1.52. The van der Waals surface area contributed by atoms with Gasteiger partial charge in [-0.15, -0.1) is 11.8 Å². The number of hydrogen-bond acceptors (Lipinski definition) is 7. The first-order valence-electron chi connectivity index (χ1n) is 9.76. The Kier molecular flexibility index (Phi) is 6.62. The van der Waals surface area contributed by atoms with E-state index in [4.69, 9.17) is 16.3 Å². The van der Waals surface area contributed by atoms with E-state index in [9.17, 15) is 0 Å². The van der Waals surface area contributed by atoms with Gasteiger partial charge in [0.05, 0.1) is 28.8 Å². The predicted molar refractivity (Wildman–Crippen MR) is 126 cm³/mol. The number of hydrogen-bond donors (Lipinski definition) is 2. The van der Waals surface area contributed by atoms with E-state index in [2.05, 4.69) is 37.6 Å². The molecule has 30 heavy (non-hydrogen) atoms. The molecule has 0 atom stereocenters. The number of morpholine rings is 1. The first-order valence-corrected chi connectivity index (χ1v) is 11.4. The highest BCUT2D eigenvalue weighted by molar-refractivity contribution is 7.98. The zero-order valence-electron chi connectivity index (χ0n) is 17.0. The minimum Gasteiger partial charge on any atom is -0.378 e. The monoisotopic (exact) mass is 441 g/mol. The smallest absolute Gasteiger partial charge is 0.229 e. The van der Waals surface area contributed by atoms with Crippen LogP contribution in [0, 0.1) is 6.92 Å². The van der Waals surface area contributed by atoms with Gasteiger partial charge >= 0.3 is 0 Å². The van der Waals surface area contributed by atoms with Crippen LogP contribution in [0.1, 0.15) is 5.56 Å². The van der Waals surface area contributed by atoms with Crippen LogP contribution < -0.4 is 15.5 Å². The molecule has 0 saturated carbocycles. The molecule has 0 amide bonds. The lowest BCUT2D eigenvalue weighted by atomic mass is 10.2. The van der Waals surface area contributed by atoms with E-state index in [0.717, 1.165) is 54.0 Å². The summed E-state index contributed by atoms with van der Waals surface area (Å²) in [7, 11) is 0. The molecule has 0 aliphatic carbocycles. The largest absolute Gasteiger partial charge is 0.378 e. The van der Waals surface area contributed by atoms with Gasteiger partial charge in [0.15, 0.2) is 0 Å². The van der Waals surface area contributed by atoms with Crippen LogP contribution in [-0.4, -0.2) is 42.5 Å². The molecule has 0 radical (unpaired) electrons. The Labute approximate surface area is 186 Å². The molecule has 6 nitrogen and oxygen atoms in total. The molecule has 4 rings (SSSR count). The fourth-order valence-corrected chi connectivity index (χ4v) is 3.85. The van der Waals surface area contributed by atoms with E-state index in [1.54, 1.807) is 11.8 Å². The van der Waals surface area contributed by atoms with Gasteiger partial charge in [-0.05, 0) is 55.1 Å². The first-order chi connectivity index (χ1) is 14.6. The van der Waals surface area contributed by atoms with Gasteiger partial charge in [0.25, 0.3) is 0 Å². The summed E-state index contributed by atoms with van der Waals surface area (Å²) >= 11 is 7.93. The highest BCUT2D eigenvalue weighted by Crippen LogP contribution is 2.31. The molecular weight excluding hydrogens is 418 g/mol. The number of aryl methyl sites for hydroxylation is 1. The van der Waals surface area contributed by atoms with Gasteiger partial charge in [-0.25, -0.2) is 4.98 Å². The third kappa shape index (κ3) is 4.98. The van der Waals surface area contributed by atoms with Crippen molar-refractivity contribution < 1.29 is 4.74 Å². The van der Waals surface area contributed by atoms with E-state index < -0.39 is 0 Å². The third-order valence-corrected chi connectivity index (χ3v) is 5.92. The molecule has 1 aromatic heterocycles. The topological polar surface area (TPSA) is 62.3 Å². The molecule has 2 N–H and O–H groups in total. The Morgan fingerprint density at radius 3 is 2.57 bits per heavy atom. The zero-order chi connectivity index (χ0) is 20.9. The highest BCUT2D eigenvalue weighted by atomic mass is 35.5. The number of thioether (sulfide) groups is 1. The molecule has 1 saturated heterocycles. The summed E-state index contributed by atoms with van der Waals surface area (Å²) in [6.07, 6.45) is 3.81. The molecule has 1 aliphatic heterocycles. The van der Waals surface area contributed by atoms with Crippen LogP contribution in [0.15, 0.2) is 53.6 Å². The Morgan fingerprint density at radius 1 is 1.07 bits per heavy atom. The van der Waals surface area contributed by atoms with Crippen molar-refractivity contribution in [3.63, 3.8) is 0 Å². The first kappa shape index (κ1) is 20.8. The lowest BCUT2D eigenvalue weighted by molar-refractivity contribution is 0.122. The fourth-order valence-electron chi connectivity index (χ4n) is 3.24. The van der Waals surface area contributed by atoms with Crippen molar-refractivity contribution >= 4 is 52.2 Å². The van der Waals surface area contributed by atoms with Crippen molar-refractivity contribution in [2.45, 2.75) is 11.8 Å². The van der Waals surface area contributed by atoms with E-state index in [1.807, 2.05) is 49.7 Å². The molecule has 0 unspecified atom stereocenters.